The van der Waals surface area contributed by atoms with Crippen molar-refractivity contribution in [1.82, 2.24) is 10.6 Å². The largest absolute Gasteiger partial charge is 0.444 e. The lowest BCUT2D eigenvalue weighted by molar-refractivity contribution is -0.117. The van der Waals surface area contributed by atoms with Crippen molar-refractivity contribution in [2.75, 3.05) is 11.9 Å². The molecule has 27 heavy (non-hydrogen) atoms. The highest BCUT2D eigenvalue weighted by atomic mass is 16.6. The van der Waals surface area contributed by atoms with Gasteiger partial charge in [-0.2, -0.15) is 0 Å². The van der Waals surface area contributed by atoms with E-state index >= 15 is 0 Å². The van der Waals surface area contributed by atoms with Crippen LogP contribution in [0.2, 0.25) is 0 Å². The summed E-state index contributed by atoms with van der Waals surface area (Å²) in [7, 11) is 0. The molecule has 7 nitrogen and oxygen atoms in total. The Morgan fingerprint density at radius 2 is 1.67 bits per heavy atom. The van der Waals surface area contributed by atoms with Gasteiger partial charge in [0.25, 0.3) is 0 Å². The number of anilines is 1. The van der Waals surface area contributed by atoms with E-state index in [1.54, 1.807) is 39.0 Å². The van der Waals surface area contributed by atoms with Crippen LogP contribution in [0, 0.1) is 0 Å². The summed E-state index contributed by atoms with van der Waals surface area (Å²) >= 11 is 0. The van der Waals surface area contributed by atoms with Gasteiger partial charge in [-0.3, -0.25) is 9.59 Å². The number of allylic oxidation sites excluding steroid dienone is 1. The predicted molar refractivity (Wildman–Crippen MR) is 105 cm³/mol. The smallest absolute Gasteiger partial charge is 0.407 e. The summed E-state index contributed by atoms with van der Waals surface area (Å²) in [4.78, 5) is 35.0. The molecule has 0 unspecified atom stereocenters. The van der Waals surface area contributed by atoms with E-state index in [2.05, 4.69) is 16.0 Å². The molecule has 1 rings (SSSR count). The number of alkyl carbamates (subject to hydrolysis) is 1. The number of carbonyl (C=O) groups is 3. The van der Waals surface area contributed by atoms with Crippen molar-refractivity contribution >= 4 is 23.6 Å². The second-order valence-electron chi connectivity index (χ2n) is 7.36. The Hall–Kier alpha value is -2.83. The van der Waals surface area contributed by atoms with Gasteiger partial charge in [-0.1, -0.05) is 17.7 Å². The summed E-state index contributed by atoms with van der Waals surface area (Å²) < 4.78 is 5.10. The van der Waals surface area contributed by atoms with Crippen LogP contribution in [0.15, 0.2) is 35.9 Å². The molecule has 0 aliphatic carbocycles. The van der Waals surface area contributed by atoms with Crippen LogP contribution >= 0.6 is 0 Å². The molecular formula is C20H29N3O4. The van der Waals surface area contributed by atoms with E-state index in [1.165, 1.54) is 0 Å². The van der Waals surface area contributed by atoms with Gasteiger partial charge >= 0.3 is 6.09 Å². The summed E-state index contributed by atoms with van der Waals surface area (Å²) in [6.07, 6.45) is 1.13. The van der Waals surface area contributed by atoms with Gasteiger partial charge < -0.3 is 20.7 Å². The summed E-state index contributed by atoms with van der Waals surface area (Å²) in [6, 6.07) is 7.19. The Balaban J connectivity index is 2.36. The van der Waals surface area contributed by atoms with Crippen LogP contribution in [0.1, 0.15) is 46.6 Å². The number of hydrogen-bond donors (Lipinski definition) is 3. The maximum atomic E-state index is 11.9. The maximum absolute atomic E-state index is 11.9. The minimum absolute atomic E-state index is 0.134. The number of ether oxygens (including phenoxy) is 1. The molecule has 0 spiro atoms. The number of rotatable bonds is 7. The minimum Gasteiger partial charge on any atom is -0.444 e. The van der Waals surface area contributed by atoms with Crippen molar-refractivity contribution in [2.45, 2.75) is 53.2 Å². The van der Waals surface area contributed by atoms with Crippen LogP contribution in [-0.2, 0) is 20.9 Å². The lowest BCUT2D eigenvalue weighted by Gasteiger charge is -2.19. The molecule has 3 amide bonds. The molecule has 0 radical (unpaired) electrons. The Kier molecular flexibility index (Phi) is 8.51. The number of nitrogens with one attached hydrogen (secondary N) is 3. The van der Waals surface area contributed by atoms with Crippen LogP contribution in [0.3, 0.4) is 0 Å². The van der Waals surface area contributed by atoms with Crippen molar-refractivity contribution in [3.05, 3.63) is 41.5 Å². The van der Waals surface area contributed by atoms with E-state index in [1.807, 2.05) is 26.0 Å². The fraction of sp³-hybridized carbons (Fsp3) is 0.450. The molecule has 0 fully saturated rings. The van der Waals surface area contributed by atoms with E-state index in [0.29, 0.717) is 12.2 Å². The monoisotopic (exact) mass is 375 g/mol. The molecule has 7 heteroatoms. The summed E-state index contributed by atoms with van der Waals surface area (Å²) in [5.41, 5.74) is 1.94. The van der Waals surface area contributed by atoms with E-state index in [-0.39, 0.29) is 24.8 Å². The van der Waals surface area contributed by atoms with Crippen LogP contribution in [0.25, 0.3) is 0 Å². The van der Waals surface area contributed by atoms with Crippen molar-refractivity contribution in [2.24, 2.45) is 0 Å². The first-order valence-corrected chi connectivity index (χ1v) is 8.83. The molecule has 0 heterocycles. The Labute approximate surface area is 160 Å². The van der Waals surface area contributed by atoms with E-state index in [4.69, 9.17) is 4.74 Å². The van der Waals surface area contributed by atoms with Gasteiger partial charge in [0, 0.05) is 31.3 Å². The zero-order valence-corrected chi connectivity index (χ0v) is 16.6. The Bertz CT molecular complexity index is 684. The fourth-order valence-electron chi connectivity index (χ4n) is 2.02. The van der Waals surface area contributed by atoms with Crippen LogP contribution in [-0.4, -0.2) is 30.1 Å². The van der Waals surface area contributed by atoms with E-state index < -0.39 is 11.7 Å². The molecule has 3 N–H and O–H groups in total. The summed E-state index contributed by atoms with van der Waals surface area (Å²) in [5.74, 6) is -0.347. The number of carbonyl (C=O) groups excluding carboxylic acids is 3. The standard InChI is InChI=1S/C20H29N3O4/c1-14(2)12-18(25)22-13-15-6-8-16(9-7-15)23-17(24)10-11-21-19(26)27-20(3,4)5/h6-9,12H,10-11,13H2,1-5H3,(H,21,26)(H,22,25)(H,23,24). The zero-order chi connectivity index (χ0) is 20.4. The lowest BCUT2D eigenvalue weighted by atomic mass is 10.2. The molecule has 0 bridgehead atoms. The maximum Gasteiger partial charge on any atom is 0.407 e. The number of amides is 3. The number of benzene rings is 1. The molecule has 0 atom stereocenters. The highest BCUT2D eigenvalue weighted by molar-refractivity contribution is 5.91. The molecule has 0 aliphatic rings. The normalized spacial score (nSPS) is 10.6. The van der Waals surface area contributed by atoms with Crippen molar-refractivity contribution in [1.29, 1.82) is 0 Å². The molecule has 0 aromatic heterocycles. The summed E-state index contributed by atoms with van der Waals surface area (Å²) in [5, 5.41) is 8.08. The Morgan fingerprint density at radius 1 is 1.04 bits per heavy atom. The number of hydrogen-bond acceptors (Lipinski definition) is 4. The van der Waals surface area contributed by atoms with Crippen LogP contribution < -0.4 is 16.0 Å². The third-order valence-electron chi connectivity index (χ3n) is 3.14. The van der Waals surface area contributed by atoms with Gasteiger partial charge in [-0.15, -0.1) is 0 Å². The third-order valence-corrected chi connectivity index (χ3v) is 3.14. The van der Waals surface area contributed by atoms with Crippen molar-refractivity contribution in [3.8, 4) is 0 Å². The third kappa shape index (κ3) is 10.7. The molecular weight excluding hydrogens is 346 g/mol. The van der Waals surface area contributed by atoms with Gasteiger partial charge in [0.1, 0.15) is 5.60 Å². The molecule has 0 saturated heterocycles. The molecule has 1 aromatic carbocycles. The highest BCUT2D eigenvalue weighted by Crippen LogP contribution is 2.10. The lowest BCUT2D eigenvalue weighted by Crippen LogP contribution is -2.34. The topological polar surface area (TPSA) is 96.5 Å². The fourth-order valence-corrected chi connectivity index (χ4v) is 2.02. The molecule has 0 saturated carbocycles. The Morgan fingerprint density at radius 3 is 2.22 bits per heavy atom. The van der Waals surface area contributed by atoms with Crippen molar-refractivity contribution in [3.63, 3.8) is 0 Å². The summed E-state index contributed by atoms with van der Waals surface area (Å²) in [6.45, 7) is 9.65. The van der Waals surface area contributed by atoms with Gasteiger partial charge in [0.15, 0.2) is 0 Å². The highest BCUT2D eigenvalue weighted by Gasteiger charge is 2.15. The predicted octanol–water partition coefficient (Wildman–Crippen LogP) is 3.12. The first-order chi connectivity index (χ1) is 12.5. The van der Waals surface area contributed by atoms with Crippen LogP contribution in [0.4, 0.5) is 10.5 Å². The molecule has 1 aromatic rings. The first kappa shape index (κ1) is 22.2. The average molecular weight is 375 g/mol. The minimum atomic E-state index is -0.570. The second kappa shape index (κ2) is 10.4. The second-order valence-corrected chi connectivity index (χ2v) is 7.36. The molecule has 148 valence electrons. The SMILES string of the molecule is CC(C)=CC(=O)NCc1ccc(NC(=O)CCNC(=O)OC(C)(C)C)cc1. The first-order valence-electron chi connectivity index (χ1n) is 8.83. The van der Waals surface area contributed by atoms with Crippen LogP contribution in [0.5, 0.6) is 0 Å². The van der Waals surface area contributed by atoms with Gasteiger partial charge in [-0.25, -0.2) is 4.79 Å². The van der Waals surface area contributed by atoms with Gasteiger partial charge in [0.05, 0.1) is 0 Å². The van der Waals surface area contributed by atoms with E-state index in [0.717, 1.165) is 11.1 Å². The van der Waals surface area contributed by atoms with E-state index in [9.17, 15) is 14.4 Å². The average Bonchev–Trinajstić information content (AvgIpc) is 2.52. The van der Waals surface area contributed by atoms with Crippen molar-refractivity contribution < 1.29 is 19.1 Å². The molecule has 0 aliphatic heterocycles. The zero-order valence-electron chi connectivity index (χ0n) is 16.6. The van der Waals surface area contributed by atoms with Gasteiger partial charge in [0.2, 0.25) is 11.8 Å². The quantitative estimate of drug-likeness (QED) is 0.638. The van der Waals surface area contributed by atoms with Gasteiger partial charge in [-0.05, 0) is 52.3 Å².